The van der Waals surface area contributed by atoms with Crippen LogP contribution in [0.25, 0.3) is 0 Å². The van der Waals surface area contributed by atoms with Crippen molar-refractivity contribution in [3.05, 3.63) is 59.7 Å². The third-order valence-corrected chi connectivity index (χ3v) is 7.10. The Morgan fingerprint density at radius 3 is 2.36 bits per heavy atom. The van der Waals surface area contributed by atoms with Gasteiger partial charge in [0.2, 0.25) is 0 Å². The number of ether oxygens (including phenoxy) is 2. The molecule has 2 aromatic rings. The normalized spacial score (nSPS) is 16.8. The number of hydrogen-bond acceptors (Lipinski definition) is 5. The Bertz CT molecular complexity index is 901. The van der Waals surface area contributed by atoms with Crippen LogP contribution in [0.15, 0.2) is 48.5 Å². The van der Waals surface area contributed by atoms with Crippen molar-refractivity contribution >= 4 is 0 Å². The monoisotopic (exact) mass is 449 g/mol. The van der Waals surface area contributed by atoms with Crippen LogP contribution in [-0.2, 0) is 12.0 Å². The van der Waals surface area contributed by atoms with Crippen LogP contribution in [0.4, 0.5) is 0 Å². The van der Waals surface area contributed by atoms with Crippen LogP contribution in [-0.4, -0.2) is 44.8 Å². The zero-order valence-corrected chi connectivity index (χ0v) is 20.6. The van der Waals surface area contributed by atoms with Crippen molar-refractivity contribution in [2.24, 2.45) is 5.92 Å². The number of rotatable bonds is 11. The fourth-order valence-corrected chi connectivity index (χ4v) is 4.94. The molecule has 1 unspecified atom stereocenters. The number of benzene rings is 2. The Balaban J connectivity index is 1.51. The third kappa shape index (κ3) is 6.28. The number of piperidine rings is 1. The summed E-state index contributed by atoms with van der Waals surface area (Å²) < 4.78 is 10.9. The molecule has 0 bridgehead atoms. The molecule has 1 aliphatic rings. The van der Waals surface area contributed by atoms with E-state index in [0.29, 0.717) is 17.5 Å². The van der Waals surface area contributed by atoms with Crippen LogP contribution < -0.4 is 14.8 Å². The SMILES string of the molecule is COc1ccc(C(C#N)(CCCNC2CCN(Cc3ccccc3)CC2)C(C)C)cc1OC. The summed E-state index contributed by atoms with van der Waals surface area (Å²) in [4.78, 5) is 2.55. The first-order valence-corrected chi connectivity index (χ1v) is 12.2. The molecule has 1 fully saturated rings. The van der Waals surface area contributed by atoms with Crippen molar-refractivity contribution in [2.75, 3.05) is 33.9 Å². The highest BCUT2D eigenvalue weighted by Crippen LogP contribution is 2.40. The van der Waals surface area contributed by atoms with Crippen molar-refractivity contribution < 1.29 is 9.47 Å². The second-order valence-electron chi connectivity index (χ2n) is 9.40. The first-order valence-electron chi connectivity index (χ1n) is 12.2. The maximum absolute atomic E-state index is 10.2. The molecule has 0 saturated carbocycles. The van der Waals surface area contributed by atoms with E-state index in [1.165, 1.54) is 18.4 Å². The van der Waals surface area contributed by atoms with Crippen molar-refractivity contribution in [3.8, 4) is 17.6 Å². The summed E-state index contributed by atoms with van der Waals surface area (Å²) in [6.45, 7) is 8.51. The minimum absolute atomic E-state index is 0.196. The Labute approximate surface area is 199 Å². The molecule has 0 amide bonds. The molecule has 1 saturated heterocycles. The maximum Gasteiger partial charge on any atom is 0.161 e. The number of nitrogens with zero attached hydrogens (tertiary/aromatic N) is 2. The topological polar surface area (TPSA) is 57.5 Å². The lowest BCUT2D eigenvalue weighted by Gasteiger charge is -2.34. The molecule has 0 spiro atoms. The summed E-state index contributed by atoms with van der Waals surface area (Å²) in [5.41, 5.74) is 1.85. The van der Waals surface area contributed by atoms with E-state index in [9.17, 15) is 5.26 Å². The average Bonchev–Trinajstić information content (AvgIpc) is 2.85. The van der Waals surface area contributed by atoms with Crippen LogP contribution in [0, 0.1) is 17.2 Å². The lowest BCUT2D eigenvalue weighted by molar-refractivity contribution is 0.190. The average molecular weight is 450 g/mol. The van der Waals surface area contributed by atoms with E-state index in [1.807, 2.05) is 18.2 Å². The summed E-state index contributed by atoms with van der Waals surface area (Å²) in [5.74, 6) is 1.56. The van der Waals surface area contributed by atoms with E-state index in [4.69, 9.17) is 9.47 Å². The highest BCUT2D eigenvalue weighted by atomic mass is 16.5. The van der Waals surface area contributed by atoms with E-state index in [1.54, 1.807) is 14.2 Å². The maximum atomic E-state index is 10.2. The predicted molar refractivity (Wildman–Crippen MR) is 134 cm³/mol. The minimum atomic E-state index is -0.541. The summed E-state index contributed by atoms with van der Waals surface area (Å²) >= 11 is 0. The smallest absolute Gasteiger partial charge is 0.161 e. The molecule has 178 valence electrons. The second kappa shape index (κ2) is 12.1. The summed E-state index contributed by atoms with van der Waals surface area (Å²) in [7, 11) is 3.27. The molecule has 1 atom stereocenters. The fourth-order valence-electron chi connectivity index (χ4n) is 4.94. The van der Waals surface area contributed by atoms with Gasteiger partial charge in [0.1, 0.15) is 0 Å². The molecule has 1 aliphatic heterocycles. The van der Waals surface area contributed by atoms with Crippen molar-refractivity contribution in [1.29, 1.82) is 5.26 Å². The molecule has 2 aromatic carbocycles. The zero-order valence-electron chi connectivity index (χ0n) is 20.6. The molecular weight excluding hydrogens is 410 g/mol. The van der Waals surface area contributed by atoms with Gasteiger partial charge < -0.3 is 14.8 Å². The number of nitrogens with one attached hydrogen (secondary N) is 1. The summed E-state index contributed by atoms with van der Waals surface area (Å²) in [5, 5.41) is 14.0. The van der Waals surface area contributed by atoms with Gasteiger partial charge in [-0.3, -0.25) is 4.90 Å². The van der Waals surface area contributed by atoms with Crippen LogP contribution in [0.2, 0.25) is 0 Å². The van der Waals surface area contributed by atoms with E-state index in [2.05, 4.69) is 60.5 Å². The lowest BCUT2D eigenvalue weighted by atomic mass is 9.69. The molecular formula is C28H39N3O2. The first-order chi connectivity index (χ1) is 16.0. The third-order valence-electron chi connectivity index (χ3n) is 7.10. The van der Waals surface area contributed by atoms with E-state index in [-0.39, 0.29) is 5.92 Å². The van der Waals surface area contributed by atoms with E-state index in [0.717, 1.165) is 44.6 Å². The summed E-state index contributed by atoms with van der Waals surface area (Å²) in [6, 6.07) is 19.8. The first kappa shape index (κ1) is 25.1. The lowest BCUT2D eigenvalue weighted by Crippen LogP contribution is -2.42. The van der Waals surface area contributed by atoms with Gasteiger partial charge in [-0.15, -0.1) is 0 Å². The largest absolute Gasteiger partial charge is 0.493 e. The molecule has 0 aromatic heterocycles. The number of nitriles is 1. The molecule has 33 heavy (non-hydrogen) atoms. The molecule has 5 nitrogen and oxygen atoms in total. The van der Waals surface area contributed by atoms with Gasteiger partial charge in [0.15, 0.2) is 11.5 Å². The molecule has 1 heterocycles. The van der Waals surface area contributed by atoms with Crippen molar-refractivity contribution in [2.45, 2.75) is 57.5 Å². The Morgan fingerprint density at radius 2 is 1.76 bits per heavy atom. The van der Waals surface area contributed by atoms with Gasteiger partial charge in [-0.25, -0.2) is 0 Å². The number of methoxy groups -OCH3 is 2. The number of likely N-dealkylation sites (tertiary alicyclic amines) is 1. The molecule has 1 N–H and O–H groups in total. The van der Waals surface area contributed by atoms with E-state index < -0.39 is 5.41 Å². The quantitative estimate of drug-likeness (QED) is 0.481. The predicted octanol–water partition coefficient (Wildman–Crippen LogP) is 5.16. The minimum Gasteiger partial charge on any atom is -0.493 e. The van der Waals surface area contributed by atoms with Crippen molar-refractivity contribution in [3.63, 3.8) is 0 Å². The van der Waals surface area contributed by atoms with Gasteiger partial charge in [-0.1, -0.05) is 50.2 Å². The van der Waals surface area contributed by atoms with Gasteiger partial charge in [-0.05, 0) is 74.5 Å². The highest BCUT2D eigenvalue weighted by molar-refractivity contribution is 5.47. The Hall–Kier alpha value is -2.55. The van der Waals surface area contributed by atoms with Crippen LogP contribution >= 0.6 is 0 Å². The second-order valence-corrected chi connectivity index (χ2v) is 9.40. The standard InChI is InChI=1S/C28H39N3O2/c1-22(2)28(21-29,24-11-12-26(32-3)27(19-24)33-4)15-8-16-30-25-13-17-31(18-14-25)20-23-9-6-5-7-10-23/h5-7,9-12,19,22,25,30H,8,13-18,20H2,1-4H3. The Kier molecular flexibility index (Phi) is 9.17. The van der Waals surface area contributed by atoms with Gasteiger partial charge >= 0.3 is 0 Å². The molecule has 5 heteroatoms. The van der Waals surface area contributed by atoms with Gasteiger partial charge in [0.25, 0.3) is 0 Å². The molecule has 3 rings (SSSR count). The fraction of sp³-hybridized carbons (Fsp3) is 0.536. The summed E-state index contributed by atoms with van der Waals surface area (Å²) in [6.07, 6.45) is 4.13. The van der Waals surface area contributed by atoms with Gasteiger partial charge in [-0.2, -0.15) is 5.26 Å². The van der Waals surface area contributed by atoms with E-state index >= 15 is 0 Å². The zero-order chi connectivity index (χ0) is 23.7. The van der Waals surface area contributed by atoms with Crippen LogP contribution in [0.3, 0.4) is 0 Å². The molecule has 0 radical (unpaired) electrons. The van der Waals surface area contributed by atoms with Gasteiger partial charge in [0, 0.05) is 12.6 Å². The van der Waals surface area contributed by atoms with Crippen LogP contribution in [0.1, 0.15) is 50.7 Å². The highest BCUT2D eigenvalue weighted by Gasteiger charge is 2.36. The number of hydrogen-bond donors (Lipinski definition) is 1. The van der Waals surface area contributed by atoms with Crippen LogP contribution in [0.5, 0.6) is 11.5 Å². The Morgan fingerprint density at radius 1 is 1.06 bits per heavy atom. The molecule has 0 aliphatic carbocycles. The van der Waals surface area contributed by atoms with Crippen molar-refractivity contribution in [1.82, 2.24) is 10.2 Å². The van der Waals surface area contributed by atoms with Gasteiger partial charge in [0.05, 0.1) is 25.7 Å².